The third-order valence-electron chi connectivity index (χ3n) is 6.21. The predicted molar refractivity (Wildman–Crippen MR) is 119 cm³/mol. The van der Waals surface area contributed by atoms with Gasteiger partial charge < -0.3 is 5.73 Å². The first-order valence-electron chi connectivity index (χ1n) is 10.3. The predicted octanol–water partition coefficient (Wildman–Crippen LogP) is 3.41. The number of aromatic nitrogens is 6. The van der Waals surface area contributed by atoms with E-state index in [2.05, 4.69) is 22.2 Å². The minimum atomic E-state index is -0.474. The van der Waals surface area contributed by atoms with Crippen LogP contribution in [-0.4, -0.2) is 29.5 Å². The first-order chi connectivity index (χ1) is 15.4. The van der Waals surface area contributed by atoms with Crippen LogP contribution in [0.4, 0.5) is 5.82 Å². The van der Waals surface area contributed by atoms with E-state index < -0.39 is 11.0 Å². The van der Waals surface area contributed by atoms with Crippen LogP contribution in [0.25, 0.3) is 33.7 Å². The Morgan fingerprint density at radius 3 is 2.62 bits per heavy atom. The van der Waals surface area contributed by atoms with E-state index in [1.807, 2.05) is 42.1 Å². The summed E-state index contributed by atoms with van der Waals surface area (Å²) in [5.41, 5.74) is 8.51. The molecule has 0 spiro atoms. The third kappa shape index (κ3) is 2.98. The Bertz CT molecular complexity index is 1400. The molecule has 0 saturated heterocycles. The number of nitrogens with two attached hydrogens (primary N) is 1. The molecular weight excluding hydrogens is 402 g/mol. The van der Waals surface area contributed by atoms with Crippen molar-refractivity contribution in [2.45, 2.75) is 31.7 Å². The van der Waals surface area contributed by atoms with Gasteiger partial charge >= 0.3 is 0 Å². The molecular formula is C23H21N9. The average Bonchev–Trinajstić information content (AvgIpc) is 3.39. The molecule has 2 N–H and O–H groups in total. The lowest BCUT2D eigenvalue weighted by molar-refractivity contribution is 0.0200. The van der Waals surface area contributed by atoms with E-state index in [1.165, 1.54) is 0 Å². The molecule has 0 bridgehead atoms. The normalized spacial score (nSPS) is 22.2. The van der Waals surface area contributed by atoms with Crippen LogP contribution in [0.15, 0.2) is 42.7 Å². The van der Waals surface area contributed by atoms with Gasteiger partial charge in [0.15, 0.2) is 0 Å². The zero-order chi connectivity index (χ0) is 22.5. The van der Waals surface area contributed by atoms with Crippen molar-refractivity contribution >= 4 is 16.7 Å². The smallest absolute Gasteiger partial charge is 0.122 e. The maximum Gasteiger partial charge on any atom is 0.122 e. The molecule has 1 saturated carbocycles. The highest BCUT2D eigenvalue weighted by Gasteiger charge is 2.54. The fourth-order valence-corrected chi connectivity index (χ4v) is 4.72. The first-order valence-corrected chi connectivity index (χ1v) is 10.3. The molecule has 5 rings (SSSR count). The summed E-state index contributed by atoms with van der Waals surface area (Å²) in [4.78, 5) is 9.37. The molecule has 0 radical (unpaired) electrons. The van der Waals surface area contributed by atoms with Gasteiger partial charge in [-0.05, 0) is 44.0 Å². The van der Waals surface area contributed by atoms with Crippen molar-refractivity contribution < 1.29 is 0 Å². The molecule has 4 aromatic rings. The second-order valence-corrected chi connectivity index (χ2v) is 8.74. The number of rotatable bonds is 4. The lowest BCUT2D eigenvalue weighted by Crippen LogP contribution is -2.51. The summed E-state index contributed by atoms with van der Waals surface area (Å²) in [6.45, 7) is 1.93. The van der Waals surface area contributed by atoms with Gasteiger partial charge in [0.25, 0.3) is 0 Å². The van der Waals surface area contributed by atoms with Crippen LogP contribution >= 0.6 is 0 Å². The van der Waals surface area contributed by atoms with E-state index in [4.69, 9.17) is 15.8 Å². The van der Waals surface area contributed by atoms with Crippen LogP contribution in [0.3, 0.4) is 0 Å². The van der Waals surface area contributed by atoms with Gasteiger partial charge in [0.05, 0.1) is 40.7 Å². The van der Waals surface area contributed by atoms with Crippen molar-refractivity contribution in [3.8, 4) is 34.9 Å². The zero-order valence-corrected chi connectivity index (χ0v) is 17.8. The summed E-state index contributed by atoms with van der Waals surface area (Å²) in [6.07, 6.45) is 5.09. The Balaban J connectivity index is 1.62. The number of nitrogen functional groups attached to an aromatic ring is 1. The molecule has 0 amide bonds. The Hall–Kier alpha value is -4.24. The third-order valence-corrected chi connectivity index (χ3v) is 6.21. The van der Waals surface area contributed by atoms with Gasteiger partial charge in [-0.25, -0.2) is 4.98 Å². The number of fused-ring (bicyclic) bond motifs is 1. The van der Waals surface area contributed by atoms with Crippen molar-refractivity contribution in [3.05, 3.63) is 42.7 Å². The summed E-state index contributed by atoms with van der Waals surface area (Å²) in [7, 11) is 1.78. The number of hydrogen-bond donors (Lipinski definition) is 1. The molecule has 9 heteroatoms. The Morgan fingerprint density at radius 2 is 1.94 bits per heavy atom. The lowest BCUT2D eigenvalue weighted by Gasteiger charge is -2.50. The van der Waals surface area contributed by atoms with Gasteiger partial charge in [-0.15, -0.1) is 0 Å². The van der Waals surface area contributed by atoms with Crippen molar-refractivity contribution in [3.63, 3.8) is 0 Å². The Morgan fingerprint density at radius 1 is 1.12 bits per heavy atom. The van der Waals surface area contributed by atoms with Crippen molar-refractivity contribution in [1.82, 2.24) is 29.5 Å². The maximum atomic E-state index is 9.46. The largest absolute Gasteiger partial charge is 0.384 e. The zero-order valence-electron chi connectivity index (χ0n) is 17.8. The standard InChI is InChI=1S/C23H21N9/c1-22(14-25)12-23(13-22,6-7-24)32-9-5-16(30-32)21-15-4-3-8-27-17(15)10-18(28-21)19-11-20(26)31(2)29-19/h3-5,8-11H,6,12-13,26H2,1-2H3/t22-,23-. The summed E-state index contributed by atoms with van der Waals surface area (Å²) in [5.74, 6) is 0.540. The highest BCUT2D eigenvalue weighted by Crippen LogP contribution is 2.54. The number of pyridine rings is 2. The summed E-state index contributed by atoms with van der Waals surface area (Å²) >= 11 is 0. The highest BCUT2D eigenvalue weighted by atomic mass is 15.3. The number of nitrogens with zero attached hydrogens (tertiary/aromatic N) is 8. The van der Waals surface area contributed by atoms with E-state index in [1.54, 1.807) is 24.0 Å². The summed E-state index contributed by atoms with van der Waals surface area (Å²) in [6, 6.07) is 14.0. The fraction of sp³-hybridized carbons (Fsp3) is 0.304. The van der Waals surface area contributed by atoms with Gasteiger partial charge in [0, 0.05) is 30.9 Å². The van der Waals surface area contributed by atoms with E-state index in [0.717, 1.165) is 10.9 Å². The SMILES string of the molecule is Cn1nc(-c2cc3ncccc3c(-c3ccn([C@]4(CC#N)C[C@@](C)(C#N)C4)n3)n2)cc1N. The summed E-state index contributed by atoms with van der Waals surface area (Å²) < 4.78 is 3.43. The molecule has 0 aromatic carbocycles. The summed E-state index contributed by atoms with van der Waals surface area (Å²) in [5, 5.41) is 29.0. The molecule has 1 aliphatic rings. The minimum Gasteiger partial charge on any atom is -0.384 e. The average molecular weight is 423 g/mol. The molecule has 4 aromatic heterocycles. The molecule has 0 aliphatic heterocycles. The second-order valence-electron chi connectivity index (χ2n) is 8.74. The minimum absolute atomic E-state index is 0.300. The molecule has 4 heterocycles. The molecule has 32 heavy (non-hydrogen) atoms. The molecule has 9 nitrogen and oxygen atoms in total. The van der Waals surface area contributed by atoms with Crippen LogP contribution < -0.4 is 5.73 Å². The monoisotopic (exact) mass is 423 g/mol. The fourth-order valence-electron chi connectivity index (χ4n) is 4.72. The lowest BCUT2D eigenvalue weighted by atomic mass is 9.58. The number of nitriles is 2. The van der Waals surface area contributed by atoms with E-state index >= 15 is 0 Å². The van der Waals surface area contributed by atoms with Gasteiger partial charge in [0.2, 0.25) is 0 Å². The topological polar surface area (TPSA) is 135 Å². The highest BCUT2D eigenvalue weighted by molar-refractivity contribution is 5.93. The van der Waals surface area contributed by atoms with Gasteiger partial charge in [-0.1, -0.05) is 0 Å². The van der Waals surface area contributed by atoms with Gasteiger partial charge in [-0.2, -0.15) is 20.7 Å². The van der Waals surface area contributed by atoms with Gasteiger partial charge in [-0.3, -0.25) is 14.3 Å². The second kappa shape index (κ2) is 6.89. The van der Waals surface area contributed by atoms with Crippen LogP contribution in [0, 0.1) is 28.1 Å². The van der Waals surface area contributed by atoms with E-state index in [9.17, 15) is 10.5 Å². The number of aryl methyl sites for hydroxylation is 1. The van der Waals surface area contributed by atoms with Crippen LogP contribution in [0.5, 0.6) is 0 Å². The number of anilines is 1. The van der Waals surface area contributed by atoms with Crippen molar-refractivity contribution in [1.29, 1.82) is 10.5 Å². The Labute approximate surface area is 184 Å². The Kier molecular flexibility index (Phi) is 4.24. The van der Waals surface area contributed by atoms with E-state index in [0.29, 0.717) is 47.9 Å². The van der Waals surface area contributed by atoms with E-state index in [-0.39, 0.29) is 0 Å². The molecule has 158 valence electrons. The van der Waals surface area contributed by atoms with Gasteiger partial charge in [0.1, 0.15) is 22.9 Å². The number of hydrogen-bond acceptors (Lipinski definition) is 7. The van der Waals surface area contributed by atoms with Crippen molar-refractivity contribution in [2.24, 2.45) is 12.5 Å². The molecule has 0 unspecified atom stereocenters. The van der Waals surface area contributed by atoms with Crippen LogP contribution in [0.2, 0.25) is 0 Å². The van der Waals surface area contributed by atoms with Crippen LogP contribution in [0.1, 0.15) is 26.2 Å². The molecule has 0 atom stereocenters. The quantitative estimate of drug-likeness (QED) is 0.531. The van der Waals surface area contributed by atoms with Crippen molar-refractivity contribution in [2.75, 3.05) is 5.73 Å². The molecule has 1 fully saturated rings. The molecule has 1 aliphatic carbocycles. The first kappa shape index (κ1) is 19.7. The maximum absolute atomic E-state index is 9.46. The van der Waals surface area contributed by atoms with Crippen LogP contribution in [-0.2, 0) is 12.6 Å².